The number of aliphatic carboxylic acids is 1. The van der Waals surface area contributed by atoms with E-state index in [0.29, 0.717) is 12.6 Å². The predicted molar refractivity (Wildman–Crippen MR) is 91.5 cm³/mol. The molecule has 0 bridgehead atoms. The zero-order valence-corrected chi connectivity index (χ0v) is 15.3. The maximum Gasteiger partial charge on any atom is 0.317 e. The van der Waals surface area contributed by atoms with Crippen LogP contribution in [0.5, 0.6) is 0 Å². The van der Waals surface area contributed by atoms with Gasteiger partial charge < -0.3 is 10.0 Å². The number of likely N-dealkylation sites (N-methyl/N-ethyl adjacent to an activating group) is 1. The van der Waals surface area contributed by atoms with Crippen LogP contribution in [0.2, 0.25) is 0 Å². The average molecular weight is 327 g/mol. The van der Waals surface area contributed by atoms with E-state index in [-0.39, 0.29) is 24.5 Å². The molecule has 0 aliphatic carbocycles. The molecule has 0 saturated carbocycles. The molecule has 0 atom stereocenters. The van der Waals surface area contributed by atoms with Gasteiger partial charge in [0.05, 0.1) is 13.1 Å². The zero-order chi connectivity index (χ0) is 17.6. The molecule has 1 aliphatic heterocycles. The van der Waals surface area contributed by atoms with Crippen LogP contribution in [0, 0.1) is 0 Å². The van der Waals surface area contributed by atoms with Gasteiger partial charge in [0.15, 0.2) is 0 Å². The Morgan fingerprint density at radius 1 is 1.13 bits per heavy atom. The molecule has 23 heavy (non-hydrogen) atoms. The summed E-state index contributed by atoms with van der Waals surface area (Å²) in [7, 11) is 0. The predicted octanol–water partition coefficient (Wildman–Crippen LogP) is 1.50. The summed E-state index contributed by atoms with van der Waals surface area (Å²) in [4.78, 5) is 29.6. The Hall–Kier alpha value is -1.14. The van der Waals surface area contributed by atoms with Crippen LogP contribution >= 0.6 is 0 Å². The molecule has 0 aromatic rings. The molecular weight excluding hydrogens is 294 g/mol. The molecule has 6 nitrogen and oxygen atoms in total. The molecule has 0 aromatic carbocycles. The van der Waals surface area contributed by atoms with Crippen molar-refractivity contribution in [1.82, 2.24) is 14.7 Å². The maximum atomic E-state index is 12.5. The second-order valence-corrected chi connectivity index (χ2v) is 6.95. The molecule has 1 rings (SSSR count). The van der Waals surface area contributed by atoms with Crippen molar-refractivity contribution in [3.05, 3.63) is 0 Å². The van der Waals surface area contributed by atoms with Gasteiger partial charge in [0.1, 0.15) is 0 Å². The first-order valence-electron chi connectivity index (χ1n) is 8.75. The molecule has 1 saturated heterocycles. The quantitative estimate of drug-likeness (QED) is 0.732. The Morgan fingerprint density at radius 3 is 2.04 bits per heavy atom. The minimum Gasteiger partial charge on any atom is -0.480 e. The van der Waals surface area contributed by atoms with Gasteiger partial charge in [-0.1, -0.05) is 6.92 Å². The fraction of sp³-hybridized carbons (Fsp3) is 0.882. The molecule has 1 fully saturated rings. The van der Waals surface area contributed by atoms with Gasteiger partial charge >= 0.3 is 5.97 Å². The first-order valence-corrected chi connectivity index (χ1v) is 8.75. The highest BCUT2D eigenvalue weighted by Gasteiger charge is 2.28. The molecule has 0 aromatic heterocycles. The van der Waals surface area contributed by atoms with Crippen LogP contribution in [-0.4, -0.2) is 82.5 Å². The number of carboxylic acids is 1. The van der Waals surface area contributed by atoms with Gasteiger partial charge in [-0.2, -0.15) is 0 Å². The highest BCUT2D eigenvalue weighted by molar-refractivity contribution is 5.78. The molecule has 0 unspecified atom stereocenters. The van der Waals surface area contributed by atoms with Crippen molar-refractivity contribution in [3.8, 4) is 0 Å². The number of carbonyl (C=O) groups is 2. The summed E-state index contributed by atoms with van der Waals surface area (Å²) in [6, 6.07) is 0.742. The average Bonchev–Trinajstić information content (AvgIpc) is 2.44. The second kappa shape index (κ2) is 9.23. The first-order chi connectivity index (χ1) is 10.8. The van der Waals surface area contributed by atoms with Crippen molar-refractivity contribution in [2.24, 2.45) is 0 Å². The third-order valence-corrected chi connectivity index (χ3v) is 4.58. The van der Waals surface area contributed by atoms with Crippen molar-refractivity contribution in [2.45, 2.75) is 65.6 Å². The van der Waals surface area contributed by atoms with Gasteiger partial charge in [-0.15, -0.1) is 0 Å². The Balaban J connectivity index is 2.50. The highest BCUT2D eigenvalue weighted by Crippen LogP contribution is 2.17. The molecule has 0 spiro atoms. The topological polar surface area (TPSA) is 64.1 Å². The van der Waals surface area contributed by atoms with Crippen LogP contribution in [0.3, 0.4) is 0 Å². The first kappa shape index (κ1) is 19.9. The minimum absolute atomic E-state index is 0.106. The lowest BCUT2D eigenvalue weighted by molar-refractivity contribution is -0.139. The number of hydrogen-bond donors (Lipinski definition) is 1. The summed E-state index contributed by atoms with van der Waals surface area (Å²) >= 11 is 0. The van der Waals surface area contributed by atoms with E-state index in [1.54, 1.807) is 0 Å². The highest BCUT2D eigenvalue weighted by atomic mass is 16.4. The summed E-state index contributed by atoms with van der Waals surface area (Å²) < 4.78 is 0. The van der Waals surface area contributed by atoms with E-state index in [2.05, 4.69) is 32.6 Å². The Labute approximate surface area is 140 Å². The summed E-state index contributed by atoms with van der Waals surface area (Å²) in [5.74, 6) is -0.583. The molecule has 1 N–H and O–H groups in total. The smallest absolute Gasteiger partial charge is 0.317 e. The number of nitrogens with zero attached hydrogens (tertiary/aromatic N) is 3. The van der Waals surface area contributed by atoms with E-state index >= 15 is 0 Å². The molecule has 1 aliphatic rings. The lowest BCUT2D eigenvalue weighted by atomic mass is 10.0. The maximum absolute atomic E-state index is 12.5. The van der Waals surface area contributed by atoms with Crippen LogP contribution in [-0.2, 0) is 9.59 Å². The summed E-state index contributed by atoms with van der Waals surface area (Å²) in [6.07, 6.45) is 1.86. The zero-order valence-electron chi connectivity index (χ0n) is 15.3. The molecule has 134 valence electrons. The van der Waals surface area contributed by atoms with Crippen molar-refractivity contribution in [1.29, 1.82) is 0 Å². The van der Waals surface area contributed by atoms with Crippen molar-refractivity contribution in [3.63, 3.8) is 0 Å². The number of carboxylic acid groups (broad SMARTS) is 1. The summed E-state index contributed by atoms with van der Waals surface area (Å²) in [5.41, 5.74) is 0. The van der Waals surface area contributed by atoms with Crippen LogP contribution in [0.4, 0.5) is 0 Å². The Kier molecular flexibility index (Phi) is 7.99. The van der Waals surface area contributed by atoms with Crippen LogP contribution in [0.15, 0.2) is 0 Å². The van der Waals surface area contributed by atoms with E-state index in [1.165, 1.54) is 0 Å². The van der Waals surface area contributed by atoms with Crippen molar-refractivity contribution >= 4 is 11.9 Å². The number of carbonyl (C=O) groups excluding carboxylic acids is 1. The Morgan fingerprint density at radius 2 is 1.65 bits per heavy atom. The standard InChI is InChI=1S/C17H33N3O3/c1-6-19(12-17(22)23)15-7-9-18(10-8-15)11-16(21)20(13(2)3)14(4)5/h13-15H,6-12H2,1-5H3,(H,22,23). The Bertz CT molecular complexity index is 383. The van der Waals surface area contributed by atoms with E-state index in [4.69, 9.17) is 5.11 Å². The number of rotatable bonds is 8. The molecule has 0 radical (unpaired) electrons. The third kappa shape index (κ3) is 6.11. The lowest BCUT2D eigenvalue weighted by Gasteiger charge is -2.38. The van der Waals surface area contributed by atoms with Gasteiger partial charge in [-0.05, 0) is 47.1 Å². The van der Waals surface area contributed by atoms with E-state index in [0.717, 1.165) is 32.5 Å². The fourth-order valence-corrected chi connectivity index (χ4v) is 3.56. The van der Waals surface area contributed by atoms with Gasteiger partial charge in [0, 0.05) is 31.2 Å². The van der Waals surface area contributed by atoms with Gasteiger partial charge in [0.25, 0.3) is 0 Å². The third-order valence-electron chi connectivity index (χ3n) is 4.58. The van der Waals surface area contributed by atoms with Gasteiger partial charge in [0.2, 0.25) is 5.91 Å². The lowest BCUT2D eigenvalue weighted by Crippen LogP contribution is -2.51. The van der Waals surface area contributed by atoms with Crippen LogP contribution in [0.1, 0.15) is 47.5 Å². The number of amides is 1. The fourth-order valence-electron chi connectivity index (χ4n) is 3.56. The minimum atomic E-state index is -0.769. The van der Waals surface area contributed by atoms with Gasteiger partial charge in [-0.25, -0.2) is 0 Å². The van der Waals surface area contributed by atoms with Crippen molar-refractivity contribution in [2.75, 3.05) is 32.7 Å². The van der Waals surface area contributed by atoms with E-state index in [9.17, 15) is 9.59 Å². The van der Waals surface area contributed by atoms with Gasteiger partial charge in [-0.3, -0.25) is 19.4 Å². The summed E-state index contributed by atoms with van der Waals surface area (Å²) in [5, 5.41) is 8.98. The second-order valence-electron chi connectivity index (χ2n) is 6.95. The normalized spacial score (nSPS) is 17.2. The van der Waals surface area contributed by atoms with Crippen molar-refractivity contribution < 1.29 is 14.7 Å². The molecular formula is C17H33N3O3. The summed E-state index contributed by atoms with van der Waals surface area (Å²) in [6.45, 7) is 13.2. The SMILES string of the molecule is CCN(CC(=O)O)C1CCN(CC(=O)N(C(C)C)C(C)C)CC1. The molecule has 1 heterocycles. The van der Waals surface area contributed by atoms with E-state index < -0.39 is 5.97 Å². The number of likely N-dealkylation sites (tertiary alicyclic amines) is 1. The molecule has 6 heteroatoms. The van der Waals surface area contributed by atoms with Crippen LogP contribution < -0.4 is 0 Å². The van der Waals surface area contributed by atoms with Crippen LogP contribution in [0.25, 0.3) is 0 Å². The molecule has 1 amide bonds. The number of piperidine rings is 1. The van der Waals surface area contributed by atoms with E-state index in [1.807, 2.05) is 16.7 Å². The monoisotopic (exact) mass is 327 g/mol. The largest absolute Gasteiger partial charge is 0.480 e. The number of hydrogen-bond acceptors (Lipinski definition) is 4.